The molecule has 4 aromatic rings. The van der Waals surface area contributed by atoms with Gasteiger partial charge in [-0.05, 0) is 46.9 Å². The van der Waals surface area contributed by atoms with Gasteiger partial charge in [0.15, 0.2) is 6.10 Å². The van der Waals surface area contributed by atoms with Crippen molar-refractivity contribution in [1.29, 1.82) is 0 Å². The monoisotopic (exact) mass is 760 g/mol. The average Bonchev–Trinajstić information content (AvgIpc) is 3.98. The predicted octanol–water partition coefficient (Wildman–Crippen LogP) is 6.21. The van der Waals surface area contributed by atoms with Gasteiger partial charge in [-0.2, -0.15) is 0 Å². The number of nitrogens with one attached hydrogen (secondary N) is 3. The average molecular weight is 761 g/mol. The van der Waals surface area contributed by atoms with Crippen molar-refractivity contribution >= 4 is 24.0 Å². The summed E-state index contributed by atoms with van der Waals surface area (Å²) >= 11 is 0. The largest absolute Gasteiger partial charge is 0.453 e. The maximum atomic E-state index is 14.7. The summed E-state index contributed by atoms with van der Waals surface area (Å²) in [6, 6.07) is 13.3. The molecular weight excluding hydrogens is 714 g/mol. The number of halogens is 2. The van der Waals surface area contributed by atoms with Gasteiger partial charge >= 0.3 is 12.2 Å². The molecule has 0 unspecified atom stereocenters. The minimum atomic E-state index is -3.13. The molecule has 16 heteroatoms. The van der Waals surface area contributed by atoms with Crippen molar-refractivity contribution in [1.82, 2.24) is 35.1 Å². The van der Waals surface area contributed by atoms with Crippen molar-refractivity contribution in [2.45, 2.75) is 77.1 Å². The number of hydrogen-bond donors (Lipinski definition) is 4. The number of rotatable bonds is 11. The fourth-order valence-corrected chi connectivity index (χ4v) is 7.24. The fourth-order valence-electron chi connectivity index (χ4n) is 7.24. The maximum Gasteiger partial charge on any atom is 0.407 e. The molecule has 2 aromatic carbocycles. The van der Waals surface area contributed by atoms with Gasteiger partial charge in [0.05, 0.1) is 49.5 Å². The van der Waals surface area contributed by atoms with Gasteiger partial charge < -0.3 is 40.3 Å². The summed E-state index contributed by atoms with van der Waals surface area (Å²) in [5.74, 6) is -3.79. The number of aromatic nitrogens is 4. The van der Waals surface area contributed by atoms with Gasteiger partial charge in [0.25, 0.3) is 11.8 Å². The van der Waals surface area contributed by atoms with Crippen molar-refractivity contribution in [2.24, 2.45) is 17.6 Å². The van der Waals surface area contributed by atoms with Crippen LogP contribution in [-0.4, -0.2) is 92.0 Å². The number of hydrogen-bond acceptors (Lipinski definition) is 8. The molecule has 4 heterocycles. The van der Waals surface area contributed by atoms with Crippen LogP contribution in [0.2, 0.25) is 0 Å². The molecule has 2 aliphatic heterocycles. The van der Waals surface area contributed by atoms with E-state index in [9.17, 15) is 28.0 Å². The van der Waals surface area contributed by atoms with Crippen LogP contribution in [-0.2, 0) is 19.1 Å². The molecule has 4 amide bonds. The van der Waals surface area contributed by atoms with Crippen LogP contribution in [0.1, 0.15) is 70.7 Å². The Hall–Kier alpha value is -5.80. The second kappa shape index (κ2) is 15.9. The minimum absolute atomic E-state index is 0.229. The quantitative estimate of drug-likeness (QED) is 0.139. The Bertz CT molecular complexity index is 2010. The Labute approximate surface area is 317 Å². The zero-order valence-corrected chi connectivity index (χ0v) is 31.3. The van der Waals surface area contributed by atoms with E-state index in [1.54, 1.807) is 45.0 Å². The molecule has 4 atom stereocenters. The van der Waals surface area contributed by atoms with Gasteiger partial charge in [-0.3, -0.25) is 9.59 Å². The number of methoxy groups -OCH3 is 1. The third kappa shape index (κ3) is 8.47. The predicted molar refractivity (Wildman–Crippen MR) is 198 cm³/mol. The van der Waals surface area contributed by atoms with Crippen molar-refractivity contribution in [3.05, 3.63) is 72.6 Å². The third-order valence-corrected chi connectivity index (χ3v) is 10.1. The van der Waals surface area contributed by atoms with E-state index in [0.717, 1.165) is 45.7 Å². The number of carbonyl (C=O) groups is 4. The Balaban J connectivity index is 1.13. The molecule has 2 aliphatic rings. The lowest BCUT2D eigenvalue weighted by Gasteiger charge is -2.29. The molecule has 0 bridgehead atoms. The number of benzene rings is 2. The van der Waals surface area contributed by atoms with Gasteiger partial charge in [0, 0.05) is 13.0 Å². The van der Waals surface area contributed by atoms with E-state index in [0.29, 0.717) is 18.1 Å². The molecule has 2 saturated heterocycles. The van der Waals surface area contributed by atoms with E-state index in [4.69, 9.17) is 10.5 Å². The summed E-state index contributed by atoms with van der Waals surface area (Å²) in [5, 5.41) is 2.47. The Morgan fingerprint density at radius 1 is 0.818 bits per heavy atom. The van der Waals surface area contributed by atoms with Gasteiger partial charge in [0.1, 0.15) is 17.7 Å². The molecule has 6 rings (SSSR count). The Kier molecular flexibility index (Phi) is 11.2. The standard InChI is InChI=1S/C39H46F2N8O6/c1-21(2)31(47-38(53)54-5)35(50)49-20-39(40,41)17-30(49)34-44-19-28(46-34)26-14-10-24(11-15-26)23-8-12-25(13-9-23)27-18-43-33(45-27)29-7-6-16-48(29)36(51)32(22(3)4)55-37(42)52/h8-15,18-19,21-22,29-32H,6-7,16-17,20H2,1-5H3,(H2,42,52)(H,43,45)(H,44,46)(H,47,53)/t29-,30-,31-,32-/m0/s1. The van der Waals surface area contributed by atoms with Crippen molar-refractivity contribution < 1.29 is 37.4 Å². The molecule has 55 heavy (non-hydrogen) atoms. The van der Waals surface area contributed by atoms with Crippen LogP contribution in [0.15, 0.2) is 60.9 Å². The highest BCUT2D eigenvalue weighted by Gasteiger charge is 2.50. The second-order valence-electron chi connectivity index (χ2n) is 14.7. The molecule has 0 aliphatic carbocycles. The van der Waals surface area contributed by atoms with Gasteiger partial charge in [0.2, 0.25) is 5.91 Å². The lowest BCUT2D eigenvalue weighted by Crippen LogP contribution is -2.51. The minimum Gasteiger partial charge on any atom is -0.453 e. The van der Waals surface area contributed by atoms with Gasteiger partial charge in [-0.25, -0.2) is 28.3 Å². The maximum absolute atomic E-state index is 14.7. The highest BCUT2D eigenvalue weighted by molar-refractivity contribution is 5.87. The number of amides is 4. The fraction of sp³-hybridized carbons (Fsp3) is 0.436. The first kappa shape index (κ1) is 38.9. The van der Waals surface area contributed by atoms with Crippen LogP contribution in [0.5, 0.6) is 0 Å². The number of aromatic amines is 2. The van der Waals surface area contributed by atoms with Gasteiger partial charge in [-0.15, -0.1) is 0 Å². The Morgan fingerprint density at radius 2 is 1.35 bits per heavy atom. The van der Waals surface area contributed by atoms with E-state index < -0.39 is 55.2 Å². The first-order valence-electron chi connectivity index (χ1n) is 18.3. The van der Waals surface area contributed by atoms with Crippen LogP contribution in [0.25, 0.3) is 33.6 Å². The van der Waals surface area contributed by atoms with Crippen LogP contribution < -0.4 is 11.1 Å². The van der Waals surface area contributed by atoms with Crippen molar-refractivity contribution in [3.8, 4) is 33.6 Å². The zero-order chi connectivity index (χ0) is 39.6. The molecule has 0 spiro atoms. The second-order valence-corrected chi connectivity index (χ2v) is 14.7. The molecule has 14 nitrogen and oxygen atoms in total. The van der Waals surface area contributed by atoms with Crippen LogP contribution in [0, 0.1) is 11.8 Å². The number of imidazole rings is 2. The summed E-state index contributed by atoms with van der Waals surface area (Å²) in [4.78, 5) is 68.4. The van der Waals surface area contributed by atoms with E-state index in [2.05, 4.69) is 30.0 Å². The number of H-pyrrole nitrogens is 2. The van der Waals surface area contributed by atoms with Crippen molar-refractivity contribution in [3.63, 3.8) is 0 Å². The lowest BCUT2D eigenvalue weighted by molar-refractivity contribution is -0.143. The van der Waals surface area contributed by atoms with Gasteiger partial charge in [-0.1, -0.05) is 76.2 Å². The summed E-state index contributed by atoms with van der Waals surface area (Å²) in [7, 11) is 1.17. The topological polar surface area (TPSA) is 189 Å². The summed E-state index contributed by atoms with van der Waals surface area (Å²) in [6.07, 6.45) is 1.43. The Morgan fingerprint density at radius 3 is 1.84 bits per heavy atom. The summed E-state index contributed by atoms with van der Waals surface area (Å²) in [5.41, 5.74) is 10.2. The third-order valence-electron chi connectivity index (χ3n) is 10.1. The molecule has 2 aromatic heterocycles. The van der Waals surface area contributed by atoms with Crippen LogP contribution in [0.4, 0.5) is 18.4 Å². The number of carbonyl (C=O) groups excluding carboxylic acids is 4. The van der Waals surface area contributed by atoms with E-state index in [-0.39, 0.29) is 29.6 Å². The summed E-state index contributed by atoms with van der Waals surface area (Å²) in [6.45, 7) is 6.77. The number of alkyl halides is 2. The van der Waals surface area contributed by atoms with Crippen LogP contribution >= 0.6 is 0 Å². The number of ether oxygens (including phenoxy) is 2. The highest BCUT2D eigenvalue weighted by atomic mass is 19.3. The first-order chi connectivity index (χ1) is 26.1. The zero-order valence-electron chi connectivity index (χ0n) is 31.3. The molecule has 0 radical (unpaired) electrons. The molecule has 0 saturated carbocycles. The highest BCUT2D eigenvalue weighted by Crippen LogP contribution is 2.41. The number of likely N-dealkylation sites (tertiary alicyclic amines) is 2. The summed E-state index contributed by atoms with van der Waals surface area (Å²) < 4.78 is 39.3. The molecule has 2 fully saturated rings. The SMILES string of the molecule is COC(=O)N[C@H](C(=O)N1CC(F)(F)C[C@H]1c1ncc(-c2ccc(-c3ccc(-c4cnc([C@@H]5CCCN5C(=O)[C@@H](OC(N)=O)C(C)C)[nH]4)cc3)cc2)[nH]1)C(C)C. The van der Waals surface area contributed by atoms with E-state index >= 15 is 0 Å². The normalized spacial score (nSPS) is 19.1. The smallest absolute Gasteiger partial charge is 0.407 e. The lowest BCUT2D eigenvalue weighted by atomic mass is 10.0. The van der Waals surface area contributed by atoms with E-state index in [1.807, 2.05) is 48.5 Å². The number of alkyl carbamates (subject to hydrolysis) is 1. The first-order valence-corrected chi connectivity index (χ1v) is 18.3. The number of primary amides is 1. The molecule has 292 valence electrons. The van der Waals surface area contributed by atoms with Crippen molar-refractivity contribution in [2.75, 3.05) is 20.2 Å². The van der Waals surface area contributed by atoms with Crippen LogP contribution in [0.3, 0.4) is 0 Å². The molecule has 5 N–H and O–H groups in total. The van der Waals surface area contributed by atoms with E-state index in [1.165, 1.54) is 7.11 Å². The number of nitrogens with zero attached hydrogens (tertiary/aromatic N) is 4. The number of nitrogens with two attached hydrogens (primary N) is 1. The molecular formula is C39H46F2N8O6.